The molecule has 19 heavy (non-hydrogen) atoms. The average Bonchev–Trinajstić information content (AvgIpc) is 2.47. The van der Waals surface area contributed by atoms with E-state index in [0.29, 0.717) is 17.7 Å². The van der Waals surface area contributed by atoms with Gasteiger partial charge in [-0.25, -0.2) is 0 Å². The van der Waals surface area contributed by atoms with E-state index in [1.54, 1.807) is 42.4 Å². The van der Waals surface area contributed by atoms with Gasteiger partial charge in [-0.05, 0) is 24.3 Å². The normalized spacial score (nSPS) is 9.95. The van der Waals surface area contributed by atoms with Gasteiger partial charge in [0.2, 0.25) is 0 Å². The first-order valence-corrected chi connectivity index (χ1v) is 5.91. The molecule has 0 N–H and O–H groups in total. The Hall–Kier alpha value is -2.49. The monoisotopic (exact) mass is 254 g/mol. The molecule has 0 aliphatic heterocycles. The van der Waals surface area contributed by atoms with E-state index in [0.717, 1.165) is 12.0 Å². The molecule has 1 aromatic heterocycles. The average molecular weight is 254 g/mol. The van der Waals surface area contributed by atoms with Crippen LogP contribution in [0.25, 0.3) is 0 Å². The van der Waals surface area contributed by atoms with Gasteiger partial charge >= 0.3 is 0 Å². The Bertz CT molecular complexity index is 582. The Kier molecular flexibility index (Phi) is 4.03. The van der Waals surface area contributed by atoms with Crippen LogP contribution in [0, 0.1) is 0 Å². The predicted molar refractivity (Wildman–Crippen MR) is 71.9 cm³/mol. The summed E-state index contributed by atoms with van der Waals surface area (Å²) in [7, 11) is 1.71. The third-order valence-corrected chi connectivity index (χ3v) is 2.74. The molecule has 0 atom stereocenters. The van der Waals surface area contributed by atoms with Crippen molar-refractivity contribution in [1.82, 2.24) is 9.88 Å². The molecule has 0 saturated carbocycles. The van der Waals surface area contributed by atoms with Crippen LogP contribution in [0.5, 0.6) is 0 Å². The molecule has 1 heterocycles. The maximum atomic E-state index is 12.2. The summed E-state index contributed by atoms with van der Waals surface area (Å²) in [5.74, 6) is -0.130. The number of aldehydes is 1. The Labute approximate surface area is 111 Å². The van der Waals surface area contributed by atoms with Crippen LogP contribution in [-0.2, 0) is 6.54 Å². The van der Waals surface area contributed by atoms with Gasteiger partial charge in [0.15, 0.2) is 0 Å². The summed E-state index contributed by atoms with van der Waals surface area (Å²) >= 11 is 0. The minimum Gasteiger partial charge on any atom is -0.336 e. The summed E-state index contributed by atoms with van der Waals surface area (Å²) in [5, 5.41) is 0. The molecule has 0 unspecified atom stereocenters. The molecule has 0 aliphatic carbocycles. The standard InChI is InChI=1S/C15H14N2O2/c1-17(10-14-7-2-3-8-16-14)15(19)13-6-4-5-12(9-13)11-18/h2-9,11H,10H2,1H3. The predicted octanol–water partition coefficient (Wildman–Crippen LogP) is 2.17. The lowest BCUT2D eigenvalue weighted by molar-refractivity contribution is 0.0783. The molecule has 2 aromatic rings. The van der Waals surface area contributed by atoms with Gasteiger partial charge in [0.1, 0.15) is 6.29 Å². The quantitative estimate of drug-likeness (QED) is 0.786. The highest BCUT2D eigenvalue weighted by atomic mass is 16.2. The van der Waals surface area contributed by atoms with Crippen molar-refractivity contribution in [3.8, 4) is 0 Å². The van der Waals surface area contributed by atoms with Gasteiger partial charge in [-0.15, -0.1) is 0 Å². The van der Waals surface area contributed by atoms with Crippen molar-refractivity contribution in [2.24, 2.45) is 0 Å². The summed E-state index contributed by atoms with van der Waals surface area (Å²) in [6.07, 6.45) is 2.43. The molecule has 0 radical (unpaired) electrons. The number of aromatic nitrogens is 1. The van der Waals surface area contributed by atoms with Crippen molar-refractivity contribution in [2.45, 2.75) is 6.54 Å². The third kappa shape index (κ3) is 3.25. The maximum absolute atomic E-state index is 12.2. The zero-order valence-electron chi connectivity index (χ0n) is 10.6. The van der Waals surface area contributed by atoms with E-state index >= 15 is 0 Å². The maximum Gasteiger partial charge on any atom is 0.253 e. The van der Waals surface area contributed by atoms with Gasteiger partial charge in [0.05, 0.1) is 12.2 Å². The molecule has 4 nitrogen and oxygen atoms in total. The lowest BCUT2D eigenvalue weighted by atomic mass is 10.1. The number of amides is 1. The van der Waals surface area contributed by atoms with Gasteiger partial charge < -0.3 is 4.90 Å². The van der Waals surface area contributed by atoms with Crippen LogP contribution in [0.3, 0.4) is 0 Å². The van der Waals surface area contributed by atoms with Crippen LogP contribution in [0.15, 0.2) is 48.7 Å². The van der Waals surface area contributed by atoms with Gasteiger partial charge in [-0.1, -0.05) is 18.2 Å². The van der Waals surface area contributed by atoms with E-state index in [4.69, 9.17) is 0 Å². The van der Waals surface area contributed by atoms with Crippen molar-refractivity contribution < 1.29 is 9.59 Å². The summed E-state index contributed by atoms with van der Waals surface area (Å²) in [4.78, 5) is 28.7. The second-order valence-corrected chi connectivity index (χ2v) is 4.23. The van der Waals surface area contributed by atoms with Gasteiger partial charge in [0.25, 0.3) is 5.91 Å². The van der Waals surface area contributed by atoms with Crippen molar-refractivity contribution in [3.05, 3.63) is 65.5 Å². The second-order valence-electron chi connectivity index (χ2n) is 4.23. The molecule has 4 heteroatoms. The summed E-state index contributed by atoms with van der Waals surface area (Å²) in [5.41, 5.74) is 1.82. The number of hydrogen-bond acceptors (Lipinski definition) is 3. The molecule has 1 amide bonds. The Morgan fingerprint density at radius 3 is 2.79 bits per heavy atom. The smallest absolute Gasteiger partial charge is 0.253 e. The summed E-state index contributed by atoms with van der Waals surface area (Å²) in [6.45, 7) is 0.436. The Morgan fingerprint density at radius 2 is 2.11 bits per heavy atom. The van der Waals surface area contributed by atoms with Crippen LogP contribution in [-0.4, -0.2) is 29.1 Å². The summed E-state index contributed by atoms with van der Waals surface area (Å²) in [6, 6.07) is 12.2. The molecule has 0 aliphatic rings. The molecular weight excluding hydrogens is 240 g/mol. The van der Waals surface area contributed by atoms with Crippen LogP contribution >= 0.6 is 0 Å². The first kappa shape index (κ1) is 13.0. The topological polar surface area (TPSA) is 50.3 Å². The third-order valence-electron chi connectivity index (χ3n) is 2.74. The van der Waals surface area contributed by atoms with E-state index in [1.807, 2.05) is 18.2 Å². The molecule has 0 bridgehead atoms. The number of hydrogen-bond donors (Lipinski definition) is 0. The zero-order valence-corrected chi connectivity index (χ0v) is 10.6. The minimum absolute atomic E-state index is 0.130. The molecule has 2 rings (SSSR count). The van der Waals surface area contributed by atoms with Gasteiger partial charge in [-0.2, -0.15) is 0 Å². The van der Waals surface area contributed by atoms with Crippen molar-refractivity contribution in [3.63, 3.8) is 0 Å². The lowest BCUT2D eigenvalue weighted by Crippen LogP contribution is -2.26. The Morgan fingerprint density at radius 1 is 1.26 bits per heavy atom. The fraction of sp³-hybridized carbons (Fsp3) is 0.133. The highest BCUT2D eigenvalue weighted by Gasteiger charge is 2.12. The molecule has 1 aromatic carbocycles. The van der Waals surface area contributed by atoms with Crippen LogP contribution in [0.2, 0.25) is 0 Å². The van der Waals surface area contributed by atoms with E-state index in [1.165, 1.54) is 0 Å². The first-order valence-electron chi connectivity index (χ1n) is 5.91. The number of pyridine rings is 1. The highest BCUT2D eigenvalue weighted by molar-refractivity contribution is 5.95. The first-order chi connectivity index (χ1) is 9.20. The largest absolute Gasteiger partial charge is 0.336 e. The molecular formula is C15H14N2O2. The zero-order chi connectivity index (χ0) is 13.7. The number of carbonyl (C=O) groups is 2. The lowest BCUT2D eigenvalue weighted by Gasteiger charge is -2.16. The second kappa shape index (κ2) is 5.91. The minimum atomic E-state index is -0.130. The van der Waals surface area contributed by atoms with E-state index in [-0.39, 0.29) is 5.91 Å². The van der Waals surface area contributed by atoms with Crippen molar-refractivity contribution >= 4 is 12.2 Å². The SMILES string of the molecule is CN(Cc1ccccn1)C(=O)c1cccc(C=O)c1. The Balaban J connectivity index is 2.12. The van der Waals surface area contributed by atoms with Crippen LogP contribution in [0.4, 0.5) is 0 Å². The highest BCUT2D eigenvalue weighted by Crippen LogP contribution is 2.08. The van der Waals surface area contributed by atoms with Gasteiger partial charge in [0, 0.05) is 24.4 Å². The van der Waals surface area contributed by atoms with Crippen LogP contribution < -0.4 is 0 Å². The molecule has 0 fully saturated rings. The fourth-order valence-corrected chi connectivity index (χ4v) is 1.77. The number of benzene rings is 1. The van der Waals surface area contributed by atoms with Crippen molar-refractivity contribution in [1.29, 1.82) is 0 Å². The molecule has 96 valence electrons. The molecule has 0 saturated heterocycles. The van der Waals surface area contributed by atoms with E-state index in [2.05, 4.69) is 4.98 Å². The van der Waals surface area contributed by atoms with E-state index in [9.17, 15) is 9.59 Å². The van der Waals surface area contributed by atoms with Crippen molar-refractivity contribution in [2.75, 3.05) is 7.05 Å². The fourth-order valence-electron chi connectivity index (χ4n) is 1.77. The van der Waals surface area contributed by atoms with E-state index < -0.39 is 0 Å². The molecule has 0 spiro atoms. The van der Waals surface area contributed by atoms with Crippen LogP contribution in [0.1, 0.15) is 26.4 Å². The number of nitrogens with zero attached hydrogens (tertiary/aromatic N) is 2. The number of rotatable bonds is 4. The summed E-state index contributed by atoms with van der Waals surface area (Å²) < 4.78 is 0. The van der Waals surface area contributed by atoms with Gasteiger partial charge in [-0.3, -0.25) is 14.6 Å². The number of carbonyl (C=O) groups excluding carboxylic acids is 2.